The summed E-state index contributed by atoms with van der Waals surface area (Å²) >= 11 is 0. The number of hydrogen-bond acceptors (Lipinski definition) is 3. The molecule has 1 aromatic heterocycles. The second kappa shape index (κ2) is 8.58. The summed E-state index contributed by atoms with van der Waals surface area (Å²) < 4.78 is 25.5. The number of likely N-dealkylation sites (tertiary alicyclic amines) is 1. The normalized spacial score (nSPS) is 18.5. The zero-order chi connectivity index (χ0) is 18.5. The molecule has 3 rings (SSSR count). The van der Waals surface area contributed by atoms with Crippen LogP contribution >= 0.6 is 0 Å². The van der Waals surface area contributed by atoms with E-state index in [1.54, 1.807) is 18.2 Å². The summed E-state index contributed by atoms with van der Waals surface area (Å²) in [5.41, 5.74) is 1.35. The summed E-state index contributed by atoms with van der Waals surface area (Å²) in [7, 11) is 0. The fraction of sp³-hybridized carbons (Fsp3) is 0.579. The summed E-state index contributed by atoms with van der Waals surface area (Å²) in [5, 5.41) is 3.01. The van der Waals surface area contributed by atoms with Crippen molar-refractivity contribution in [1.29, 1.82) is 0 Å². The van der Waals surface area contributed by atoms with Crippen molar-refractivity contribution in [2.75, 3.05) is 19.6 Å². The highest BCUT2D eigenvalue weighted by Gasteiger charge is 2.22. The first kappa shape index (κ1) is 18.8. The van der Waals surface area contributed by atoms with Crippen molar-refractivity contribution in [3.05, 3.63) is 29.6 Å². The van der Waals surface area contributed by atoms with Crippen LogP contribution in [0.15, 0.2) is 18.2 Å². The number of amides is 1. The Morgan fingerprint density at radius 3 is 3.04 bits per heavy atom. The predicted octanol–water partition coefficient (Wildman–Crippen LogP) is 3.88. The third-order valence-electron chi connectivity index (χ3n) is 5.02. The molecule has 1 amide bonds. The van der Waals surface area contributed by atoms with Crippen molar-refractivity contribution in [2.45, 2.75) is 51.5 Å². The van der Waals surface area contributed by atoms with E-state index < -0.39 is 6.43 Å². The highest BCUT2D eigenvalue weighted by atomic mass is 19.3. The number of H-pyrrole nitrogens is 1. The van der Waals surface area contributed by atoms with Crippen molar-refractivity contribution in [1.82, 2.24) is 20.2 Å². The lowest BCUT2D eigenvalue weighted by Crippen LogP contribution is -2.47. The van der Waals surface area contributed by atoms with Crippen LogP contribution in [0.1, 0.15) is 61.6 Å². The van der Waals surface area contributed by atoms with E-state index in [9.17, 15) is 13.6 Å². The lowest BCUT2D eigenvalue weighted by Gasteiger charge is -2.35. The van der Waals surface area contributed by atoms with Crippen LogP contribution in [-0.4, -0.2) is 46.5 Å². The van der Waals surface area contributed by atoms with Gasteiger partial charge < -0.3 is 10.3 Å². The van der Waals surface area contributed by atoms with E-state index in [4.69, 9.17) is 0 Å². The number of imidazole rings is 1. The molecular weight excluding hydrogens is 338 g/mol. The molecule has 1 aliphatic heterocycles. The number of aromatic nitrogens is 2. The largest absolute Gasteiger partial charge is 0.350 e. The van der Waals surface area contributed by atoms with E-state index in [0.717, 1.165) is 19.5 Å². The van der Waals surface area contributed by atoms with Crippen LogP contribution in [0.4, 0.5) is 8.78 Å². The number of unbranched alkanes of at least 4 members (excludes halogenated alkanes) is 1. The van der Waals surface area contributed by atoms with Gasteiger partial charge in [-0.2, -0.15) is 0 Å². The molecule has 5 nitrogen and oxygen atoms in total. The van der Waals surface area contributed by atoms with Gasteiger partial charge in [-0.05, 0) is 50.6 Å². The Labute approximate surface area is 152 Å². The zero-order valence-corrected chi connectivity index (χ0v) is 15.1. The molecule has 142 valence electrons. The molecule has 1 fully saturated rings. The van der Waals surface area contributed by atoms with E-state index >= 15 is 0 Å². The molecule has 2 aromatic rings. The number of rotatable bonds is 7. The lowest BCUT2D eigenvalue weighted by molar-refractivity contribution is 0.0912. The van der Waals surface area contributed by atoms with Gasteiger partial charge in [-0.1, -0.05) is 19.8 Å². The fourth-order valence-corrected chi connectivity index (χ4v) is 3.53. The minimum Gasteiger partial charge on any atom is -0.350 e. The number of carbonyl (C=O) groups excluding carboxylic acids is 1. The summed E-state index contributed by atoms with van der Waals surface area (Å²) in [6.07, 6.45) is 3.20. The molecule has 2 N–H and O–H groups in total. The van der Waals surface area contributed by atoms with Crippen LogP contribution in [0.2, 0.25) is 0 Å². The van der Waals surface area contributed by atoms with Crippen molar-refractivity contribution in [3.8, 4) is 0 Å². The highest BCUT2D eigenvalue weighted by Crippen LogP contribution is 2.21. The van der Waals surface area contributed by atoms with Crippen molar-refractivity contribution < 1.29 is 13.6 Å². The molecule has 1 saturated heterocycles. The minimum atomic E-state index is -2.65. The van der Waals surface area contributed by atoms with Crippen LogP contribution in [0.5, 0.6) is 0 Å². The molecule has 2 heterocycles. The third-order valence-corrected chi connectivity index (χ3v) is 5.02. The minimum absolute atomic E-state index is 0.180. The molecule has 1 unspecified atom stereocenters. The Kier molecular flexibility index (Phi) is 6.19. The Morgan fingerprint density at radius 2 is 2.27 bits per heavy atom. The molecule has 7 heteroatoms. The molecule has 0 spiro atoms. The molecular formula is C19H26F2N4O. The summed E-state index contributed by atoms with van der Waals surface area (Å²) in [4.78, 5) is 21.4. The van der Waals surface area contributed by atoms with E-state index in [0.29, 0.717) is 29.2 Å². The van der Waals surface area contributed by atoms with Crippen LogP contribution < -0.4 is 5.32 Å². The first-order chi connectivity index (χ1) is 12.6. The fourth-order valence-electron chi connectivity index (χ4n) is 3.53. The molecule has 1 aliphatic rings. The van der Waals surface area contributed by atoms with Gasteiger partial charge in [-0.25, -0.2) is 13.8 Å². The molecule has 0 radical (unpaired) electrons. The van der Waals surface area contributed by atoms with Crippen molar-refractivity contribution >= 4 is 16.9 Å². The topological polar surface area (TPSA) is 61.0 Å². The number of carbonyl (C=O) groups is 1. The molecule has 1 atom stereocenters. The van der Waals surface area contributed by atoms with Crippen LogP contribution in [0.25, 0.3) is 11.0 Å². The summed E-state index contributed by atoms with van der Waals surface area (Å²) in [6, 6.07) is 5.18. The number of nitrogens with zero attached hydrogens (tertiary/aromatic N) is 2. The number of hydrogen-bond donors (Lipinski definition) is 2. The molecule has 1 aromatic carbocycles. The molecule has 0 aliphatic carbocycles. The number of aromatic amines is 1. The standard InChI is InChI=1S/C19H26F2N4O/c1-2-3-9-25-10-5-4-6-14(25)12-22-19(26)13-7-8-15-16(11-13)24-18(23-15)17(20)21/h7-8,11,14,17H,2-6,9-10,12H2,1H3,(H,22,26)(H,23,24). The number of alkyl halides is 2. The van der Waals surface area contributed by atoms with Gasteiger partial charge in [0.2, 0.25) is 0 Å². The molecule has 0 bridgehead atoms. The Morgan fingerprint density at radius 1 is 1.42 bits per heavy atom. The Hall–Kier alpha value is -2.02. The third kappa shape index (κ3) is 4.38. The van der Waals surface area contributed by atoms with Gasteiger partial charge in [0.15, 0.2) is 5.82 Å². The van der Waals surface area contributed by atoms with Gasteiger partial charge in [-0.15, -0.1) is 0 Å². The number of piperidine rings is 1. The van der Waals surface area contributed by atoms with E-state index in [-0.39, 0.29) is 11.7 Å². The quantitative estimate of drug-likeness (QED) is 0.784. The smallest absolute Gasteiger partial charge is 0.295 e. The molecule has 26 heavy (non-hydrogen) atoms. The second-order valence-corrected chi connectivity index (χ2v) is 6.90. The predicted molar refractivity (Wildman–Crippen MR) is 97.5 cm³/mol. The average Bonchev–Trinajstić information content (AvgIpc) is 3.08. The van der Waals surface area contributed by atoms with Gasteiger partial charge in [0.25, 0.3) is 12.3 Å². The zero-order valence-electron chi connectivity index (χ0n) is 15.1. The number of nitrogens with one attached hydrogen (secondary N) is 2. The van der Waals surface area contributed by atoms with Gasteiger partial charge in [0.1, 0.15) is 0 Å². The van der Waals surface area contributed by atoms with Gasteiger partial charge in [-0.3, -0.25) is 9.69 Å². The number of fused-ring (bicyclic) bond motifs is 1. The first-order valence-corrected chi connectivity index (χ1v) is 9.38. The van der Waals surface area contributed by atoms with E-state index in [2.05, 4.69) is 27.1 Å². The maximum atomic E-state index is 12.7. The Bertz CT molecular complexity index is 746. The van der Waals surface area contributed by atoms with E-state index in [1.165, 1.54) is 25.7 Å². The van der Waals surface area contributed by atoms with Crippen molar-refractivity contribution in [3.63, 3.8) is 0 Å². The SMILES string of the molecule is CCCCN1CCCCC1CNC(=O)c1ccc2nc(C(F)F)[nH]c2c1. The van der Waals surface area contributed by atoms with Crippen LogP contribution in [0, 0.1) is 0 Å². The second-order valence-electron chi connectivity index (χ2n) is 6.90. The molecule has 0 saturated carbocycles. The van der Waals surface area contributed by atoms with Crippen LogP contribution in [-0.2, 0) is 0 Å². The highest BCUT2D eigenvalue weighted by molar-refractivity contribution is 5.97. The van der Waals surface area contributed by atoms with E-state index in [1.807, 2.05) is 0 Å². The average molecular weight is 364 g/mol. The number of halogens is 2. The summed E-state index contributed by atoms with van der Waals surface area (Å²) in [5.74, 6) is -0.549. The first-order valence-electron chi connectivity index (χ1n) is 9.38. The van der Waals surface area contributed by atoms with Crippen molar-refractivity contribution in [2.24, 2.45) is 0 Å². The summed E-state index contributed by atoms with van der Waals surface area (Å²) in [6.45, 7) is 4.97. The van der Waals surface area contributed by atoms with Gasteiger partial charge in [0.05, 0.1) is 11.0 Å². The number of benzene rings is 1. The lowest BCUT2D eigenvalue weighted by atomic mass is 10.0. The van der Waals surface area contributed by atoms with Gasteiger partial charge >= 0.3 is 0 Å². The monoisotopic (exact) mass is 364 g/mol. The Balaban J connectivity index is 1.62. The van der Waals surface area contributed by atoms with Gasteiger partial charge in [0, 0.05) is 18.2 Å². The van der Waals surface area contributed by atoms with Crippen LogP contribution in [0.3, 0.4) is 0 Å². The maximum Gasteiger partial charge on any atom is 0.295 e. The maximum absolute atomic E-state index is 12.7.